The molecule has 0 spiro atoms. The van der Waals surface area contributed by atoms with Gasteiger partial charge in [0.2, 0.25) is 0 Å². The van der Waals surface area contributed by atoms with Crippen molar-refractivity contribution in [1.82, 2.24) is 9.38 Å². The lowest BCUT2D eigenvalue weighted by Crippen LogP contribution is -2.18. The summed E-state index contributed by atoms with van der Waals surface area (Å²) in [5.41, 5.74) is 5.16. The maximum Gasteiger partial charge on any atom is 0.266 e. The van der Waals surface area contributed by atoms with Gasteiger partial charge in [-0.15, -0.1) is 0 Å². The number of benzene rings is 2. The highest BCUT2D eigenvalue weighted by Crippen LogP contribution is 2.24. The Morgan fingerprint density at radius 1 is 1.08 bits per heavy atom. The van der Waals surface area contributed by atoms with Crippen LogP contribution < -0.4 is 10.9 Å². The summed E-state index contributed by atoms with van der Waals surface area (Å²) in [7, 11) is 0. The van der Waals surface area contributed by atoms with Crippen LogP contribution in [-0.4, -0.2) is 15.3 Å². The number of fused-ring (bicyclic) bond motifs is 3. The van der Waals surface area contributed by atoms with Gasteiger partial charge < -0.3 is 5.32 Å². The van der Waals surface area contributed by atoms with Gasteiger partial charge in [0, 0.05) is 11.8 Å². The average molecular weight is 363 g/mol. The highest BCUT2D eigenvalue weighted by Gasteiger charge is 2.15. The van der Waals surface area contributed by atoms with E-state index in [1.165, 1.54) is 17.4 Å². The quantitative estimate of drug-likeness (QED) is 0.583. The van der Waals surface area contributed by atoms with E-state index in [9.17, 15) is 9.59 Å². The minimum atomic E-state index is -0.295. The van der Waals surface area contributed by atoms with E-state index in [4.69, 9.17) is 0 Å². The summed E-state index contributed by atoms with van der Waals surface area (Å²) in [6, 6.07) is 12.9. The third-order valence-corrected chi connectivity index (χ3v) is 5.33. The number of rotatable bonds is 2. The number of anilines is 1. The van der Waals surface area contributed by atoms with Crippen molar-refractivity contribution in [3.63, 3.8) is 0 Å². The van der Waals surface area contributed by atoms with Crippen LogP contribution in [0.15, 0.2) is 47.3 Å². The molecule has 2 aromatic heterocycles. The second kappa shape index (κ2) is 6.07. The number of carbonyl (C=O) groups excluding carboxylic acids is 1. The zero-order chi connectivity index (χ0) is 18.4. The van der Waals surface area contributed by atoms with Gasteiger partial charge in [-0.2, -0.15) is 0 Å². The van der Waals surface area contributed by atoms with Gasteiger partial charge in [-0.3, -0.25) is 14.0 Å². The number of hydrogen-bond donors (Lipinski definition) is 1. The molecule has 0 saturated carbocycles. The van der Waals surface area contributed by atoms with Crippen molar-refractivity contribution in [2.24, 2.45) is 0 Å². The third-order valence-electron chi connectivity index (χ3n) is 4.35. The van der Waals surface area contributed by atoms with Crippen LogP contribution in [-0.2, 0) is 0 Å². The lowest BCUT2D eigenvalue weighted by Gasteiger charge is -2.12. The average Bonchev–Trinajstić information content (AvgIpc) is 2.96. The fraction of sp³-hybridized carbons (Fsp3) is 0.150. The summed E-state index contributed by atoms with van der Waals surface area (Å²) in [6.45, 7) is 5.94. The third kappa shape index (κ3) is 2.68. The van der Waals surface area contributed by atoms with Crippen LogP contribution in [0.25, 0.3) is 16.0 Å². The first-order valence-electron chi connectivity index (χ1n) is 8.24. The standard InChI is InChI=1S/C20H17N3O2S/c1-11-8-12(2)18(13(3)9-11)22-19(25)16-10-17(24)23-15-7-5-4-6-14(15)21-20(23)26-16/h4-10H,1-3H3,(H,22,25). The van der Waals surface area contributed by atoms with Gasteiger partial charge in [0.15, 0.2) is 4.96 Å². The van der Waals surface area contributed by atoms with Crippen molar-refractivity contribution in [2.45, 2.75) is 20.8 Å². The predicted octanol–water partition coefficient (Wildman–Crippen LogP) is 4.09. The number of aryl methyl sites for hydroxylation is 3. The van der Waals surface area contributed by atoms with Gasteiger partial charge in [0.1, 0.15) is 4.88 Å². The second-order valence-corrected chi connectivity index (χ2v) is 7.40. The molecule has 0 saturated heterocycles. The Hall–Kier alpha value is -2.99. The number of amides is 1. The molecule has 0 aliphatic rings. The van der Waals surface area contributed by atoms with Crippen molar-refractivity contribution >= 4 is 38.9 Å². The van der Waals surface area contributed by atoms with E-state index in [0.29, 0.717) is 9.84 Å². The Morgan fingerprint density at radius 2 is 1.77 bits per heavy atom. The van der Waals surface area contributed by atoms with E-state index in [-0.39, 0.29) is 11.5 Å². The zero-order valence-electron chi connectivity index (χ0n) is 14.7. The van der Waals surface area contributed by atoms with Crippen LogP contribution in [0.3, 0.4) is 0 Å². The van der Waals surface area contributed by atoms with Crippen molar-refractivity contribution < 1.29 is 4.79 Å². The molecule has 0 atom stereocenters. The van der Waals surface area contributed by atoms with Gasteiger partial charge in [0.25, 0.3) is 11.5 Å². The number of hydrogen-bond acceptors (Lipinski definition) is 4. The molecule has 26 heavy (non-hydrogen) atoms. The largest absolute Gasteiger partial charge is 0.321 e. The molecule has 2 aromatic carbocycles. The molecule has 130 valence electrons. The molecule has 4 rings (SSSR count). The van der Waals surface area contributed by atoms with Crippen LogP contribution in [0.4, 0.5) is 5.69 Å². The molecule has 5 nitrogen and oxygen atoms in total. The molecule has 2 heterocycles. The molecule has 0 aliphatic heterocycles. The minimum absolute atomic E-state index is 0.255. The lowest BCUT2D eigenvalue weighted by molar-refractivity contribution is 0.103. The van der Waals surface area contributed by atoms with E-state index in [2.05, 4.69) is 10.3 Å². The SMILES string of the molecule is Cc1cc(C)c(NC(=O)c2cc(=O)n3c(nc4ccccc43)s2)c(C)c1. The molecular weight excluding hydrogens is 346 g/mol. The topological polar surface area (TPSA) is 63.5 Å². The first-order valence-corrected chi connectivity index (χ1v) is 9.06. The van der Waals surface area contributed by atoms with E-state index in [1.54, 1.807) is 4.40 Å². The Labute approximate surface area is 153 Å². The number of nitrogens with one attached hydrogen (secondary N) is 1. The van der Waals surface area contributed by atoms with Crippen molar-refractivity contribution in [2.75, 3.05) is 5.32 Å². The monoisotopic (exact) mass is 363 g/mol. The summed E-state index contributed by atoms with van der Waals surface area (Å²) < 4.78 is 1.54. The molecule has 0 aliphatic carbocycles. The first-order chi connectivity index (χ1) is 12.4. The maximum absolute atomic E-state index is 12.7. The Kier molecular flexibility index (Phi) is 3.85. The Balaban J connectivity index is 1.78. The maximum atomic E-state index is 12.7. The highest BCUT2D eigenvalue weighted by atomic mass is 32.1. The zero-order valence-corrected chi connectivity index (χ0v) is 15.5. The summed E-state index contributed by atoms with van der Waals surface area (Å²) >= 11 is 1.21. The number of imidazole rings is 1. The van der Waals surface area contributed by atoms with Gasteiger partial charge in [0.05, 0.1) is 11.0 Å². The first kappa shape index (κ1) is 16.5. The van der Waals surface area contributed by atoms with Crippen LogP contribution in [0.2, 0.25) is 0 Å². The van der Waals surface area contributed by atoms with E-state index in [1.807, 2.05) is 57.2 Å². The number of nitrogens with zero attached hydrogens (tertiary/aromatic N) is 2. The molecule has 0 fully saturated rings. The molecular formula is C20H17N3O2S. The van der Waals surface area contributed by atoms with Gasteiger partial charge in [-0.05, 0) is 44.0 Å². The van der Waals surface area contributed by atoms with Crippen molar-refractivity contribution in [3.05, 3.63) is 74.4 Å². The second-order valence-electron chi connectivity index (χ2n) is 6.40. The van der Waals surface area contributed by atoms with Gasteiger partial charge >= 0.3 is 0 Å². The summed E-state index contributed by atoms with van der Waals surface area (Å²) in [5.74, 6) is -0.295. The molecule has 1 amide bonds. The molecule has 6 heteroatoms. The molecule has 4 aromatic rings. The van der Waals surface area contributed by atoms with Crippen molar-refractivity contribution in [3.8, 4) is 0 Å². The summed E-state index contributed by atoms with van der Waals surface area (Å²) in [5, 5.41) is 2.94. The van der Waals surface area contributed by atoms with Crippen molar-refractivity contribution in [1.29, 1.82) is 0 Å². The van der Waals surface area contributed by atoms with Gasteiger partial charge in [-0.25, -0.2) is 4.98 Å². The summed E-state index contributed by atoms with van der Waals surface area (Å²) in [6.07, 6.45) is 0. The van der Waals surface area contributed by atoms with E-state index < -0.39 is 0 Å². The minimum Gasteiger partial charge on any atom is -0.321 e. The molecule has 0 radical (unpaired) electrons. The Morgan fingerprint density at radius 3 is 2.50 bits per heavy atom. The van der Waals surface area contributed by atoms with Crippen LogP contribution in [0.5, 0.6) is 0 Å². The lowest BCUT2D eigenvalue weighted by atomic mass is 10.1. The fourth-order valence-electron chi connectivity index (χ4n) is 3.25. The summed E-state index contributed by atoms with van der Waals surface area (Å²) in [4.78, 5) is 30.6. The number of carbonyl (C=O) groups is 1. The van der Waals surface area contributed by atoms with E-state index in [0.717, 1.165) is 33.4 Å². The predicted molar refractivity (Wildman–Crippen MR) is 105 cm³/mol. The number of para-hydroxylation sites is 2. The normalized spacial score (nSPS) is 11.2. The van der Waals surface area contributed by atoms with Crippen LogP contribution in [0.1, 0.15) is 26.4 Å². The van der Waals surface area contributed by atoms with E-state index >= 15 is 0 Å². The van der Waals surface area contributed by atoms with Crippen LogP contribution >= 0.6 is 11.3 Å². The number of aromatic nitrogens is 2. The molecule has 0 unspecified atom stereocenters. The fourth-order valence-corrected chi connectivity index (χ4v) is 4.18. The molecule has 0 bridgehead atoms. The smallest absolute Gasteiger partial charge is 0.266 e. The highest BCUT2D eigenvalue weighted by molar-refractivity contribution is 7.18. The van der Waals surface area contributed by atoms with Gasteiger partial charge in [-0.1, -0.05) is 41.2 Å². The molecule has 1 N–H and O–H groups in total. The Bertz CT molecular complexity index is 1210. The van der Waals surface area contributed by atoms with Crippen LogP contribution in [0, 0.1) is 20.8 Å².